The highest BCUT2D eigenvalue weighted by atomic mass is 16.5. The van der Waals surface area contributed by atoms with Crippen molar-refractivity contribution in [2.24, 2.45) is 0 Å². The van der Waals surface area contributed by atoms with Crippen LogP contribution >= 0.6 is 0 Å². The van der Waals surface area contributed by atoms with Crippen molar-refractivity contribution < 1.29 is 14.3 Å². The summed E-state index contributed by atoms with van der Waals surface area (Å²) in [4.78, 5) is 24.6. The number of hydrogen-bond acceptors (Lipinski definition) is 3. The first-order valence-corrected chi connectivity index (χ1v) is 8.62. The fourth-order valence-corrected chi connectivity index (χ4v) is 3.48. The van der Waals surface area contributed by atoms with E-state index in [4.69, 9.17) is 4.74 Å². The Hall–Kier alpha value is -3.60. The Labute approximate surface area is 157 Å². The third-order valence-corrected chi connectivity index (χ3v) is 4.69. The van der Waals surface area contributed by atoms with Crippen LogP contribution in [0.5, 0.6) is 0 Å². The van der Waals surface area contributed by atoms with E-state index in [9.17, 15) is 9.59 Å². The van der Waals surface area contributed by atoms with E-state index >= 15 is 0 Å². The smallest absolute Gasteiger partial charge is 0.339 e. The average molecular weight is 358 g/mol. The lowest BCUT2D eigenvalue weighted by atomic mass is 10.1. The normalized spacial score (nSPS) is 12.0. The highest BCUT2D eigenvalue weighted by molar-refractivity contribution is 6.01. The number of esters is 1. The van der Waals surface area contributed by atoms with Gasteiger partial charge in [0.2, 0.25) is 0 Å². The van der Waals surface area contributed by atoms with Crippen LogP contribution in [0.2, 0.25) is 0 Å². The van der Waals surface area contributed by atoms with Crippen LogP contribution in [0.25, 0.3) is 11.1 Å². The molecule has 1 aliphatic rings. The Morgan fingerprint density at radius 2 is 1.37 bits per heavy atom. The van der Waals surface area contributed by atoms with Gasteiger partial charge in [0.05, 0.1) is 24.4 Å². The summed E-state index contributed by atoms with van der Waals surface area (Å²) in [5, 5.41) is 5.79. The number of rotatable bonds is 3. The number of fused-ring (bicyclic) bond motifs is 3. The maximum Gasteiger partial charge on any atom is 0.339 e. The molecule has 0 spiro atoms. The molecule has 3 aromatic carbocycles. The molecule has 2 N–H and O–H groups in total. The molecule has 0 radical (unpaired) electrons. The van der Waals surface area contributed by atoms with E-state index in [0.29, 0.717) is 11.3 Å². The van der Waals surface area contributed by atoms with Gasteiger partial charge in [-0.3, -0.25) is 0 Å². The molecule has 5 nitrogen and oxygen atoms in total. The van der Waals surface area contributed by atoms with Crippen LogP contribution in [0, 0.1) is 0 Å². The summed E-state index contributed by atoms with van der Waals surface area (Å²) in [6.45, 7) is 0. The Morgan fingerprint density at radius 3 is 2.00 bits per heavy atom. The standard InChI is InChI=1S/C22H18N2O3/c1-27-21(25)18-12-6-7-13-19(18)23-22(26)24-20-16-10-4-2-8-14(16)15-9-3-5-11-17(15)20/h2-13,20H,1H3,(H2,23,24,26). The second-order valence-electron chi connectivity index (χ2n) is 6.24. The molecule has 0 bridgehead atoms. The molecule has 0 aliphatic heterocycles. The number of urea groups is 1. The van der Waals surface area contributed by atoms with Gasteiger partial charge in [0.1, 0.15) is 0 Å². The molecule has 27 heavy (non-hydrogen) atoms. The number of carbonyl (C=O) groups excluding carboxylic acids is 2. The maximum absolute atomic E-state index is 12.7. The van der Waals surface area contributed by atoms with Crippen LogP contribution in [0.1, 0.15) is 27.5 Å². The number of benzene rings is 3. The topological polar surface area (TPSA) is 67.4 Å². The summed E-state index contributed by atoms with van der Waals surface area (Å²) >= 11 is 0. The van der Waals surface area contributed by atoms with Gasteiger partial charge in [-0.05, 0) is 34.4 Å². The second kappa shape index (κ2) is 6.96. The van der Waals surface area contributed by atoms with Gasteiger partial charge in [0.25, 0.3) is 0 Å². The van der Waals surface area contributed by atoms with Gasteiger partial charge in [0.15, 0.2) is 0 Å². The van der Waals surface area contributed by atoms with Crippen molar-refractivity contribution in [2.75, 3.05) is 12.4 Å². The third-order valence-electron chi connectivity index (χ3n) is 4.69. The SMILES string of the molecule is COC(=O)c1ccccc1NC(=O)NC1c2ccccc2-c2ccccc21. The molecule has 0 saturated carbocycles. The highest BCUT2D eigenvalue weighted by Gasteiger charge is 2.29. The van der Waals surface area contributed by atoms with E-state index in [1.807, 2.05) is 36.4 Å². The number of methoxy groups -OCH3 is 1. The summed E-state index contributed by atoms with van der Waals surface area (Å²) in [6.07, 6.45) is 0. The summed E-state index contributed by atoms with van der Waals surface area (Å²) in [7, 11) is 1.31. The number of nitrogens with one attached hydrogen (secondary N) is 2. The number of hydrogen-bond donors (Lipinski definition) is 2. The lowest BCUT2D eigenvalue weighted by Crippen LogP contribution is -2.32. The molecular formula is C22H18N2O3. The van der Waals surface area contributed by atoms with Crippen molar-refractivity contribution in [3.05, 3.63) is 89.5 Å². The zero-order chi connectivity index (χ0) is 18.8. The Morgan fingerprint density at radius 1 is 0.815 bits per heavy atom. The lowest BCUT2D eigenvalue weighted by molar-refractivity contribution is 0.0602. The quantitative estimate of drug-likeness (QED) is 0.684. The lowest BCUT2D eigenvalue weighted by Gasteiger charge is -2.17. The molecule has 0 atom stereocenters. The van der Waals surface area contributed by atoms with Gasteiger partial charge in [0, 0.05) is 0 Å². The summed E-state index contributed by atoms with van der Waals surface area (Å²) in [6, 6.07) is 22.2. The minimum atomic E-state index is -0.498. The Kier molecular flexibility index (Phi) is 4.34. The van der Waals surface area contributed by atoms with E-state index in [1.54, 1.807) is 24.3 Å². The van der Waals surface area contributed by atoms with Crippen molar-refractivity contribution >= 4 is 17.7 Å². The summed E-state index contributed by atoms with van der Waals surface area (Å²) in [5.74, 6) is -0.498. The Balaban J connectivity index is 1.61. The predicted molar refractivity (Wildman–Crippen MR) is 104 cm³/mol. The molecule has 0 unspecified atom stereocenters. The molecule has 0 saturated heterocycles. The fraction of sp³-hybridized carbons (Fsp3) is 0.0909. The van der Waals surface area contributed by atoms with Crippen molar-refractivity contribution in [1.82, 2.24) is 5.32 Å². The highest BCUT2D eigenvalue weighted by Crippen LogP contribution is 2.42. The van der Waals surface area contributed by atoms with E-state index in [-0.39, 0.29) is 12.1 Å². The number of para-hydroxylation sites is 1. The molecule has 3 aromatic rings. The molecule has 0 heterocycles. The van der Waals surface area contributed by atoms with E-state index in [1.165, 1.54) is 7.11 Å². The average Bonchev–Trinajstić information content (AvgIpc) is 3.02. The van der Waals surface area contributed by atoms with Gasteiger partial charge in [-0.2, -0.15) is 0 Å². The van der Waals surface area contributed by atoms with Crippen molar-refractivity contribution in [2.45, 2.75) is 6.04 Å². The van der Waals surface area contributed by atoms with Gasteiger partial charge in [-0.15, -0.1) is 0 Å². The first-order valence-electron chi connectivity index (χ1n) is 8.62. The van der Waals surface area contributed by atoms with Crippen LogP contribution in [-0.2, 0) is 4.74 Å². The van der Waals surface area contributed by atoms with Crippen molar-refractivity contribution in [1.29, 1.82) is 0 Å². The molecule has 5 heteroatoms. The fourth-order valence-electron chi connectivity index (χ4n) is 3.48. The largest absolute Gasteiger partial charge is 0.465 e. The van der Waals surface area contributed by atoms with E-state index < -0.39 is 5.97 Å². The van der Waals surface area contributed by atoms with Gasteiger partial charge in [-0.25, -0.2) is 9.59 Å². The monoisotopic (exact) mass is 358 g/mol. The first-order chi connectivity index (χ1) is 13.2. The number of carbonyl (C=O) groups is 2. The van der Waals surface area contributed by atoms with Crippen LogP contribution in [0.4, 0.5) is 10.5 Å². The van der Waals surface area contributed by atoms with Gasteiger partial charge >= 0.3 is 12.0 Å². The minimum Gasteiger partial charge on any atom is -0.465 e. The van der Waals surface area contributed by atoms with Gasteiger partial charge < -0.3 is 15.4 Å². The van der Waals surface area contributed by atoms with Crippen LogP contribution in [0.15, 0.2) is 72.8 Å². The van der Waals surface area contributed by atoms with Crippen molar-refractivity contribution in [3.63, 3.8) is 0 Å². The van der Waals surface area contributed by atoms with Crippen molar-refractivity contribution in [3.8, 4) is 11.1 Å². The Bertz CT molecular complexity index is 984. The molecular weight excluding hydrogens is 340 g/mol. The van der Waals surface area contributed by atoms with E-state index in [2.05, 4.69) is 22.8 Å². The summed E-state index contributed by atoms with van der Waals surface area (Å²) in [5.41, 5.74) is 5.05. The molecule has 0 aromatic heterocycles. The minimum absolute atomic E-state index is 0.248. The zero-order valence-corrected chi connectivity index (χ0v) is 14.7. The molecule has 2 amide bonds. The van der Waals surface area contributed by atoms with Gasteiger partial charge in [-0.1, -0.05) is 60.7 Å². The first kappa shape index (κ1) is 16.8. The third kappa shape index (κ3) is 3.04. The van der Waals surface area contributed by atoms with Crippen LogP contribution < -0.4 is 10.6 Å². The number of anilines is 1. The maximum atomic E-state index is 12.7. The number of amides is 2. The molecule has 1 aliphatic carbocycles. The predicted octanol–water partition coefficient (Wildman–Crippen LogP) is 4.36. The molecule has 134 valence electrons. The molecule has 4 rings (SSSR count). The zero-order valence-electron chi connectivity index (χ0n) is 14.7. The summed E-state index contributed by atoms with van der Waals surface area (Å²) < 4.78 is 4.77. The van der Waals surface area contributed by atoms with E-state index in [0.717, 1.165) is 22.3 Å². The van der Waals surface area contributed by atoms with Crippen LogP contribution in [0.3, 0.4) is 0 Å². The van der Waals surface area contributed by atoms with Crippen LogP contribution in [-0.4, -0.2) is 19.1 Å². The molecule has 0 fully saturated rings. The number of ether oxygens (including phenoxy) is 1. The second-order valence-corrected chi connectivity index (χ2v) is 6.24.